The highest BCUT2D eigenvalue weighted by atomic mass is 35.5. The molecular formula is C46H38ClN3O6. The van der Waals surface area contributed by atoms with E-state index in [0.717, 1.165) is 21.7 Å². The Kier molecular flexibility index (Phi) is 8.77. The molecule has 9 rings (SSSR count). The predicted octanol–water partition coefficient (Wildman–Crippen LogP) is 8.12. The maximum atomic E-state index is 15.4. The number of carbonyl (C=O) groups is 4. The first-order chi connectivity index (χ1) is 27.2. The highest BCUT2D eigenvalue weighted by molar-refractivity contribution is 6.31. The molecule has 5 aromatic carbocycles. The molecule has 1 saturated carbocycles. The summed E-state index contributed by atoms with van der Waals surface area (Å²) in [5, 5.41) is 13.6. The van der Waals surface area contributed by atoms with Gasteiger partial charge in [-0.25, -0.2) is 0 Å². The number of rotatable bonds is 8. The summed E-state index contributed by atoms with van der Waals surface area (Å²) >= 11 is 6.16. The predicted molar refractivity (Wildman–Crippen MR) is 212 cm³/mol. The highest BCUT2D eigenvalue weighted by Gasteiger charge is 2.70. The van der Waals surface area contributed by atoms with Crippen molar-refractivity contribution in [2.75, 3.05) is 10.3 Å². The molecule has 56 heavy (non-hydrogen) atoms. The summed E-state index contributed by atoms with van der Waals surface area (Å²) in [7, 11) is 0. The number of amides is 4. The summed E-state index contributed by atoms with van der Waals surface area (Å²) < 4.78 is 6.08. The van der Waals surface area contributed by atoms with Crippen LogP contribution >= 0.6 is 11.6 Å². The number of imide groups is 2. The minimum absolute atomic E-state index is 0.111. The number of hydrogen-bond acceptors (Lipinski definition) is 7. The second kappa shape index (κ2) is 13.8. The normalized spacial score (nSPS) is 25.4. The lowest BCUT2D eigenvalue weighted by Crippen LogP contribution is -2.53. The van der Waals surface area contributed by atoms with Gasteiger partial charge in [0.2, 0.25) is 11.8 Å². The zero-order valence-electron chi connectivity index (χ0n) is 30.5. The highest BCUT2D eigenvalue weighted by Crippen LogP contribution is 2.65. The van der Waals surface area contributed by atoms with Crippen molar-refractivity contribution in [3.8, 4) is 11.5 Å². The lowest BCUT2D eigenvalue weighted by molar-refractivity contribution is -0.138. The Morgan fingerprint density at radius 2 is 1.50 bits per heavy atom. The molecule has 4 aliphatic rings. The first-order valence-electron chi connectivity index (χ1n) is 18.8. The standard InChI is InChI=1S/C46H38ClN3O6/c1-27-12-16-31(17-13-27)48-50-43(53)38-25-37-34(22-23-36-40(37)44(54)49(42(36)52)32-18-14-30(47)15-19-32)41(46(38,45(50)55)29-10-6-3-7-11-29)35-21-20-33(24-39(35)51)56-26-28-8-4-2-5-9-28/h2-22,24,36-38,40-41,48,51H,23,25-26H2,1H3. The van der Waals surface area contributed by atoms with Crippen LogP contribution in [0.25, 0.3) is 0 Å². The van der Waals surface area contributed by atoms with Crippen molar-refractivity contribution < 1.29 is 29.0 Å². The molecule has 6 atom stereocenters. The van der Waals surface area contributed by atoms with E-state index in [2.05, 4.69) is 5.43 Å². The Hall–Kier alpha value is -6.19. The number of benzene rings is 5. The third-order valence-electron chi connectivity index (χ3n) is 12.0. The SMILES string of the molecule is Cc1ccc(NN2C(=O)C3CC4C(=CCC5C(=O)N(c6ccc(Cl)cc6)C(=O)C54)C(c4ccc(OCc5ccccc5)cc4O)C3(c3ccccc3)C2=O)cc1. The average Bonchev–Trinajstić information content (AvgIpc) is 3.60. The number of ether oxygens (including phenoxy) is 1. The van der Waals surface area contributed by atoms with E-state index >= 15 is 4.79 Å². The maximum Gasteiger partial charge on any atom is 0.260 e. The molecule has 2 aliphatic heterocycles. The summed E-state index contributed by atoms with van der Waals surface area (Å²) in [6.45, 7) is 2.23. The van der Waals surface area contributed by atoms with Crippen molar-refractivity contribution in [2.45, 2.75) is 37.7 Å². The molecule has 0 bridgehead atoms. The number of halogens is 1. The molecule has 5 aromatic rings. The molecule has 2 N–H and O–H groups in total. The molecule has 3 fully saturated rings. The number of carbonyl (C=O) groups excluding carboxylic acids is 4. The maximum absolute atomic E-state index is 15.4. The van der Waals surface area contributed by atoms with E-state index in [1.807, 2.05) is 97.9 Å². The molecule has 2 saturated heterocycles. The van der Waals surface area contributed by atoms with Crippen LogP contribution in [0.15, 0.2) is 139 Å². The van der Waals surface area contributed by atoms with Gasteiger partial charge in [-0.3, -0.25) is 29.5 Å². The number of aryl methyl sites for hydroxylation is 1. The van der Waals surface area contributed by atoms with Crippen molar-refractivity contribution in [1.29, 1.82) is 0 Å². The van der Waals surface area contributed by atoms with Gasteiger partial charge in [-0.15, -0.1) is 0 Å². The molecule has 0 spiro atoms. The summed E-state index contributed by atoms with van der Waals surface area (Å²) in [5.74, 6) is -5.13. The second-order valence-corrected chi connectivity index (χ2v) is 15.5. The minimum Gasteiger partial charge on any atom is -0.508 e. The van der Waals surface area contributed by atoms with Crippen LogP contribution in [-0.4, -0.2) is 33.7 Å². The molecular weight excluding hydrogens is 726 g/mol. The van der Waals surface area contributed by atoms with E-state index in [0.29, 0.717) is 33.3 Å². The van der Waals surface area contributed by atoms with Gasteiger partial charge in [0, 0.05) is 22.6 Å². The average molecular weight is 764 g/mol. The van der Waals surface area contributed by atoms with E-state index < -0.39 is 46.8 Å². The van der Waals surface area contributed by atoms with E-state index in [4.69, 9.17) is 16.3 Å². The Balaban J connectivity index is 1.19. The van der Waals surface area contributed by atoms with Crippen LogP contribution in [0.5, 0.6) is 11.5 Å². The van der Waals surface area contributed by atoms with Gasteiger partial charge in [0.15, 0.2) is 0 Å². The van der Waals surface area contributed by atoms with Gasteiger partial charge in [0.1, 0.15) is 18.1 Å². The Bertz CT molecular complexity index is 2400. The molecule has 10 heteroatoms. The van der Waals surface area contributed by atoms with Gasteiger partial charge >= 0.3 is 0 Å². The lowest BCUT2D eigenvalue weighted by Gasteiger charge is -2.50. The largest absolute Gasteiger partial charge is 0.508 e. The number of phenols is 1. The fraction of sp³-hybridized carbons (Fsp3) is 0.217. The van der Waals surface area contributed by atoms with Crippen molar-refractivity contribution in [3.05, 3.63) is 166 Å². The van der Waals surface area contributed by atoms with Gasteiger partial charge in [-0.2, -0.15) is 5.01 Å². The van der Waals surface area contributed by atoms with E-state index in [9.17, 15) is 19.5 Å². The number of nitrogens with zero attached hydrogens (tertiary/aromatic N) is 2. The Morgan fingerprint density at radius 3 is 2.20 bits per heavy atom. The zero-order chi connectivity index (χ0) is 38.7. The van der Waals surface area contributed by atoms with Gasteiger partial charge in [-0.05, 0) is 79.3 Å². The number of aromatic hydroxyl groups is 1. The zero-order valence-corrected chi connectivity index (χ0v) is 31.2. The van der Waals surface area contributed by atoms with E-state index in [1.165, 1.54) is 11.0 Å². The van der Waals surface area contributed by atoms with Crippen LogP contribution in [0.3, 0.4) is 0 Å². The molecule has 280 valence electrons. The summed E-state index contributed by atoms with van der Waals surface area (Å²) in [5.41, 5.74) is 6.34. The third kappa shape index (κ3) is 5.60. The van der Waals surface area contributed by atoms with Crippen LogP contribution in [0.2, 0.25) is 5.02 Å². The number of allylic oxidation sites excluding steroid dienone is 2. The lowest BCUT2D eigenvalue weighted by atomic mass is 9.49. The van der Waals surface area contributed by atoms with E-state index in [1.54, 1.807) is 36.4 Å². The first-order valence-corrected chi connectivity index (χ1v) is 19.1. The summed E-state index contributed by atoms with van der Waals surface area (Å²) in [6, 6.07) is 38.0. The Labute approximate surface area is 329 Å². The van der Waals surface area contributed by atoms with Crippen LogP contribution in [-0.2, 0) is 31.2 Å². The quantitative estimate of drug-likeness (QED) is 0.121. The fourth-order valence-electron chi connectivity index (χ4n) is 9.53. The summed E-state index contributed by atoms with van der Waals surface area (Å²) in [4.78, 5) is 60.2. The van der Waals surface area contributed by atoms with Crippen molar-refractivity contribution in [2.24, 2.45) is 23.7 Å². The molecule has 0 aromatic heterocycles. The monoisotopic (exact) mass is 763 g/mol. The van der Waals surface area contributed by atoms with Gasteiger partial charge in [0.05, 0.1) is 34.5 Å². The van der Waals surface area contributed by atoms with Crippen LogP contribution in [0, 0.1) is 30.6 Å². The first kappa shape index (κ1) is 35.5. The van der Waals surface area contributed by atoms with Crippen molar-refractivity contribution in [1.82, 2.24) is 5.01 Å². The summed E-state index contributed by atoms with van der Waals surface area (Å²) in [6.07, 6.45) is 2.37. The molecule has 6 unspecified atom stereocenters. The van der Waals surface area contributed by atoms with Crippen LogP contribution in [0.1, 0.15) is 41.0 Å². The number of nitrogens with one attached hydrogen (secondary N) is 1. The molecule has 2 heterocycles. The second-order valence-electron chi connectivity index (χ2n) is 15.1. The smallest absolute Gasteiger partial charge is 0.260 e. The van der Waals surface area contributed by atoms with Gasteiger partial charge in [-0.1, -0.05) is 108 Å². The molecule has 2 aliphatic carbocycles. The number of fused-ring (bicyclic) bond motifs is 4. The topological polar surface area (TPSA) is 116 Å². The number of hydrazine groups is 1. The van der Waals surface area contributed by atoms with Gasteiger partial charge in [0.25, 0.3) is 11.8 Å². The van der Waals surface area contributed by atoms with E-state index in [-0.39, 0.29) is 37.0 Å². The molecule has 4 amide bonds. The fourth-order valence-corrected chi connectivity index (χ4v) is 9.66. The molecule has 9 nitrogen and oxygen atoms in total. The Morgan fingerprint density at radius 1 is 0.804 bits per heavy atom. The molecule has 0 radical (unpaired) electrons. The van der Waals surface area contributed by atoms with Crippen molar-refractivity contribution >= 4 is 46.6 Å². The van der Waals surface area contributed by atoms with Gasteiger partial charge < -0.3 is 9.84 Å². The van der Waals surface area contributed by atoms with Crippen LogP contribution < -0.4 is 15.1 Å². The number of anilines is 2. The van der Waals surface area contributed by atoms with Crippen molar-refractivity contribution in [3.63, 3.8) is 0 Å². The number of phenolic OH excluding ortho intramolecular Hbond substituents is 1. The number of hydrogen-bond donors (Lipinski definition) is 2. The van der Waals surface area contributed by atoms with Crippen LogP contribution in [0.4, 0.5) is 11.4 Å². The third-order valence-corrected chi connectivity index (χ3v) is 12.3. The minimum atomic E-state index is -1.52.